The van der Waals surface area contributed by atoms with Crippen LogP contribution in [0.15, 0.2) is 36.4 Å². The molecule has 0 amide bonds. The Morgan fingerprint density at radius 3 is 2.20 bits per heavy atom. The zero-order valence-electron chi connectivity index (χ0n) is 11.2. The third-order valence-corrected chi connectivity index (χ3v) is 3.09. The molecule has 0 aliphatic rings. The van der Waals surface area contributed by atoms with Crippen LogP contribution >= 0.6 is 0 Å². The first-order valence-electron chi connectivity index (χ1n) is 6.00. The molecule has 106 valence electrons. The summed E-state index contributed by atoms with van der Waals surface area (Å²) in [5, 5.41) is 0. The molecule has 2 aromatic rings. The molecule has 0 radical (unpaired) electrons. The minimum Gasteiger partial charge on any atom is -0.496 e. The van der Waals surface area contributed by atoms with E-state index in [4.69, 9.17) is 15.2 Å². The Morgan fingerprint density at radius 2 is 1.55 bits per heavy atom. The van der Waals surface area contributed by atoms with Crippen LogP contribution in [-0.4, -0.2) is 14.2 Å². The summed E-state index contributed by atoms with van der Waals surface area (Å²) in [6, 6.07) is 7.93. The third-order valence-electron chi connectivity index (χ3n) is 3.09. The van der Waals surface area contributed by atoms with Crippen molar-refractivity contribution in [3.8, 4) is 11.5 Å². The molecule has 0 heterocycles. The number of hydrogen-bond donors (Lipinski definition) is 1. The predicted octanol–water partition coefficient (Wildman–Crippen LogP) is 3.03. The summed E-state index contributed by atoms with van der Waals surface area (Å²) in [6.45, 7) is 0. The van der Waals surface area contributed by atoms with Gasteiger partial charge < -0.3 is 15.2 Å². The Labute approximate surface area is 115 Å². The largest absolute Gasteiger partial charge is 0.496 e. The summed E-state index contributed by atoms with van der Waals surface area (Å²) in [6.07, 6.45) is 0. The van der Waals surface area contributed by atoms with Crippen molar-refractivity contribution in [1.82, 2.24) is 0 Å². The van der Waals surface area contributed by atoms with E-state index >= 15 is 0 Å². The first-order valence-corrected chi connectivity index (χ1v) is 6.00. The Balaban J connectivity index is 2.55. The molecule has 3 nitrogen and oxygen atoms in total. The average molecular weight is 279 g/mol. The van der Waals surface area contributed by atoms with Crippen molar-refractivity contribution in [2.24, 2.45) is 5.73 Å². The van der Waals surface area contributed by atoms with E-state index in [0.717, 1.165) is 0 Å². The standard InChI is InChI=1S/C15H15F2NO2/c1-19-11-7-4-6-10(16)13(11)15(18)9-5-3-8-12(20-2)14(9)17/h3-8,15H,18H2,1-2H3. The van der Waals surface area contributed by atoms with Crippen LogP contribution in [0, 0.1) is 11.6 Å². The van der Waals surface area contributed by atoms with E-state index in [1.807, 2.05) is 0 Å². The van der Waals surface area contributed by atoms with E-state index in [9.17, 15) is 8.78 Å². The van der Waals surface area contributed by atoms with Crippen LogP contribution in [0.5, 0.6) is 11.5 Å². The van der Waals surface area contributed by atoms with Gasteiger partial charge in [-0.15, -0.1) is 0 Å². The van der Waals surface area contributed by atoms with Crippen molar-refractivity contribution in [2.45, 2.75) is 6.04 Å². The molecule has 0 spiro atoms. The molecule has 0 bridgehead atoms. The average Bonchev–Trinajstić information content (AvgIpc) is 2.46. The van der Waals surface area contributed by atoms with Gasteiger partial charge in [-0.2, -0.15) is 0 Å². The molecule has 0 saturated heterocycles. The second-order valence-electron chi connectivity index (χ2n) is 4.20. The molecule has 2 N–H and O–H groups in total. The fourth-order valence-corrected chi connectivity index (χ4v) is 2.08. The first-order chi connectivity index (χ1) is 9.60. The van der Waals surface area contributed by atoms with Gasteiger partial charge in [-0.1, -0.05) is 18.2 Å². The molecular formula is C15H15F2NO2. The highest BCUT2D eigenvalue weighted by Crippen LogP contribution is 2.33. The number of hydrogen-bond acceptors (Lipinski definition) is 3. The zero-order valence-corrected chi connectivity index (χ0v) is 11.2. The molecule has 2 rings (SSSR count). The number of rotatable bonds is 4. The Bertz CT molecular complexity index is 617. The topological polar surface area (TPSA) is 44.5 Å². The van der Waals surface area contributed by atoms with Crippen molar-refractivity contribution in [1.29, 1.82) is 0 Å². The normalized spacial score (nSPS) is 12.1. The molecule has 5 heteroatoms. The fourth-order valence-electron chi connectivity index (χ4n) is 2.08. The highest BCUT2D eigenvalue weighted by atomic mass is 19.1. The quantitative estimate of drug-likeness (QED) is 0.935. The monoisotopic (exact) mass is 279 g/mol. The van der Waals surface area contributed by atoms with Gasteiger partial charge in [-0.3, -0.25) is 0 Å². The van der Waals surface area contributed by atoms with Gasteiger partial charge >= 0.3 is 0 Å². The molecule has 0 aromatic heterocycles. The van der Waals surface area contributed by atoms with Gasteiger partial charge in [-0.05, 0) is 18.2 Å². The molecule has 1 atom stereocenters. The predicted molar refractivity (Wildman–Crippen MR) is 71.9 cm³/mol. The van der Waals surface area contributed by atoms with Gasteiger partial charge in [0.1, 0.15) is 11.6 Å². The van der Waals surface area contributed by atoms with Crippen LogP contribution in [0.2, 0.25) is 0 Å². The van der Waals surface area contributed by atoms with Crippen molar-refractivity contribution in [3.63, 3.8) is 0 Å². The van der Waals surface area contributed by atoms with Crippen LogP contribution < -0.4 is 15.2 Å². The minimum absolute atomic E-state index is 0.0632. The lowest BCUT2D eigenvalue weighted by atomic mass is 9.97. The first kappa shape index (κ1) is 14.3. The molecule has 0 fully saturated rings. The summed E-state index contributed by atoms with van der Waals surface area (Å²) in [7, 11) is 2.77. The molecule has 20 heavy (non-hydrogen) atoms. The van der Waals surface area contributed by atoms with Gasteiger partial charge in [0.05, 0.1) is 25.8 Å². The number of ether oxygens (including phenoxy) is 2. The Hall–Kier alpha value is -2.14. The second kappa shape index (κ2) is 5.88. The van der Waals surface area contributed by atoms with Crippen molar-refractivity contribution in [2.75, 3.05) is 14.2 Å². The number of methoxy groups -OCH3 is 2. The molecule has 0 saturated carbocycles. The Kier molecular flexibility index (Phi) is 4.20. The summed E-state index contributed by atoms with van der Waals surface area (Å²) < 4.78 is 38.2. The maximum absolute atomic E-state index is 14.2. The van der Waals surface area contributed by atoms with E-state index in [1.165, 1.54) is 38.5 Å². The van der Waals surface area contributed by atoms with Crippen LogP contribution in [0.3, 0.4) is 0 Å². The smallest absolute Gasteiger partial charge is 0.170 e. The minimum atomic E-state index is -0.985. The third kappa shape index (κ3) is 2.44. The van der Waals surface area contributed by atoms with Crippen LogP contribution in [-0.2, 0) is 0 Å². The van der Waals surface area contributed by atoms with Crippen molar-refractivity contribution in [3.05, 3.63) is 59.2 Å². The van der Waals surface area contributed by atoms with Gasteiger partial charge in [0.2, 0.25) is 0 Å². The van der Waals surface area contributed by atoms with Gasteiger partial charge in [0.15, 0.2) is 11.6 Å². The maximum Gasteiger partial charge on any atom is 0.170 e. The summed E-state index contributed by atoms with van der Waals surface area (Å²) in [5.74, 6) is -0.806. The lowest BCUT2D eigenvalue weighted by Crippen LogP contribution is -2.16. The number of halogens is 2. The van der Waals surface area contributed by atoms with Crippen LogP contribution in [0.1, 0.15) is 17.2 Å². The summed E-state index contributed by atoms with van der Waals surface area (Å²) in [4.78, 5) is 0. The summed E-state index contributed by atoms with van der Waals surface area (Å²) >= 11 is 0. The maximum atomic E-state index is 14.2. The van der Waals surface area contributed by atoms with Gasteiger partial charge in [-0.25, -0.2) is 8.78 Å². The van der Waals surface area contributed by atoms with E-state index in [-0.39, 0.29) is 22.6 Å². The number of nitrogens with two attached hydrogens (primary N) is 1. The van der Waals surface area contributed by atoms with Gasteiger partial charge in [0, 0.05) is 5.56 Å². The van der Waals surface area contributed by atoms with E-state index in [1.54, 1.807) is 12.1 Å². The zero-order chi connectivity index (χ0) is 14.7. The second-order valence-corrected chi connectivity index (χ2v) is 4.20. The van der Waals surface area contributed by atoms with E-state index in [0.29, 0.717) is 0 Å². The fraction of sp³-hybridized carbons (Fsp3) is 0.200. The number of benzene rings is 2. The van der Waals surface area contributed by atoms with Crippen LogP contribution in [0.4, 0.5) is 8.78 Å². The van der Waals surface area contributed by atoms with Gasteiger partial charge in [0.25, 0.3) is 0 Å². The van der Waals surface area contributed by atoms with E-state index < -0.39 is 17.7 Å². The SMILES string of the molecule is COc1cccc(C(N)c2c(F)cccc2OC)c1F. The molecule has 0 aliphatic heterocycles. The van der Waals surface area contributed by atoms with Crippen molar-refractivity contribution >= 4 is 0 Å². The highest BCUT2D eigenvalue weighted by Gasteiger charge is 2.22. The highest BCUT2D eigenvalue weighted by molar-refractivity contribution is 5.44. The lowest BCUT2D eigenvalue weighted by molar-refractivity contribution is 0.381. The van der Waals surface area contributed by atoms with E-state index in [2.05, 4.69) is 0 Å². The Morgan fingerprint density at radius 1 is 0.950 bits per heavy atom. The lowest BCUT2D eigenvalue weighted by Gasteiger charge is -2.18. The summed E-state index contributed by atoms with van der Waals surface area (Å²) in [5.41, 5.74) is 6.26. The van der Waals surface area contributed by atoms with Crippen molar-refractivity contribution < 1.29 is 18.3 Å². The van der Waals surface area contributed by atoms with Crippen LogP contribution in [0.25, 0.3) is 0 Å². The molecule has 1 unspecified atom stereocenters. The molecular weight excluding hydrogens is 264 g/mol. The molecule has 0 aliphatic carbocycles. The molecule has 2 aromatic carbocycles.